The fourth-order valence-electron chi connectivity index (χ4n) is 2.07. The van der Waals surface area contributed by atoms with E-state index in [1.165, 1.54) is 0 Å². The highest BCUT2D eigenvalue weighted by atomic mass is 32.2. The Kier molecular flexibility index (Phi) is 3.54. The molecule has 1 saturated carbocycles. The van der Waals surface area contributed by atoms with Gasteiger partial charge in [-0.1, -0.05) is 30.3 Å². The molecule has 2 N–H and O–H groups in total. The van der Waals surface area contributed by atoms with Gasteiger partial charge in [0.15, 0.2) is 0 Å². The number of nitrogens with two attached hydrogens (primary N) is 1. The predicted octanol–water partition coefficient (Wildman–Crippen LogP) is 1.82. The van der Waals surface area contributed by atoms with E-state index in [-0.39, 0.29) is 6.04 Å². The van der Waals surface area contributed by atoms with Crippen LogP contribution in [0, 0.1) is 0 Å². The van der Waals surface area contributed by atoms with Gasteiger partial charge in [-0.2, -0.15) is 0 Å². The third kappa shape index (κ3) is 2.89. The van der Waals surface area contributed by atoms with Crippen molar-refractivity contribution < 1.29 is 4.21 Å². The van der Waals surface area contributed by atoms with E-state index in [1.807, 2.05) is 30.3 Å². The lowest BCUT2D eigenvalue weighted by molar-refractivity contribution is 0.664. The maximum Gasteiger partial charge on any atom is 0.0488 e. The van der Waals surface area contributed by atoms with Gasteiger partial charge in [0, 0.05) is 27.8 Å². The summed E-state index contributed by atoms with van der Waals surface area (Å²) in [4.78, 5) is 0. The van der Waals surface area contributed by atoms with Gasteiger partial charge in [-0.05, 0) is 24.8 Å². The van der Waals surface area contributed by atoms with Crippen LogP contribution in [0.1, 0.15) is 24.8 Å². The first-order chi connectivity index (χ1) is 7.25. The maximum absolute atomic E-state index is 12.0. The van der Waals surface area contributed by atoms with Crippen LogP contribution in [0.5, 0.6) is 0 Å². The van der Waals surface area contributed by atoms with Crippen molar-refractivity contribution in [1.82, 2.24) is 0 Å². The van der Waals surface area contributed by atoms with Crippen LogP contribution in [-0.4, -0.2) is 15.5 Å². The third-order valence-electron chi connectivity index (χ3n) is 2.95. The predicted molar refractivity (Wildman–Crippen MR) is 63.9 cm³/mol. The Labute approximate surface area is 93.3 Å². The second kappa shape index (κ2) is 4.90. The Balaban J connectivity index is 1.93. The topological polar surface area (TPSA) is 43.1 Å². The van der Waals surface area contributed by atoms with E-state index >= 15 is 0 Å². The maximum atomic E-state index is 12.0. The van der Waals surface area contributed by atoms with Crippen LogP contribution >= 0.6 is 0 Å². The molecule has 0 aromatic heterocycles. The molecule has 0 amide bonds. The second-order valence-electron chi connectivity index (χ2n) is 4.21. The summed E-state index contributed by atoms with van der Waals surface area (Å²) < 4.78 is 12.0. The zero-order valence-electron chi connectivity index (χ0n) is 8.76. The van der Waals surface area contributed by atoms with Gasteiger partial charge in [0.1, 0.15) is 0 Å². The molecular weight excluding hydrogens is 206 g/mol. The highest BCUT2D eigenvalue weighted by Gasteiger charge is 2.26. The van der Waals surface area contributed by atoms with E-state index in [2.05, 4.69) is 0 Å². The molecule has 15 heavy (non-hydrogen) atoms. The minimum atomic E-state index is -0.747. The molecule has 0 spiro atoms. The van der Waals surface area contributed by atoms with Crippen LogP contribution in [0.25, 0.3) is 0 Å². The largest absolute Gasteiger partial charge is 0.328 e. The molecule has 3 unspecified atom stereocenters. The molecule has 0 bridgehead atoms. The van der Waals surface area contributed by atoms with Gasteiger partial charge in [0.2, 0.25) is 0 Å². The van der Waals surface area contributed by atoms with Gasteiger partial charge >= 0.3 is 0 Å². The summed E-state index contributed by atoms with van der Waals surface area (Å²) in [5.74, 6) is 0.679. The van der Waals surface area contributed by atoms with Gasteiger partial charge < -0.3 is 5.73 Å². The van der Waals surface area contributed by atoms with Gasteiger partial charge in [0.05, 0.1) is 0 Å². The summed E-state index contributed by atoms with van der Waals surface area (Å²) in [6, 6.07) is 10.3. The zero-order valence-corrected chi connectivity index (χ0v) is 9.58. The smallest absolute Gasteiger partial charge is 0.0488 e. The second-order valence-corrected chi connectivity index (χ2v) is 5.92. The lowest BCUT2D eigenvalue weighted by Crippen LogP contribution is -2.19. The van der Waals surface area contributed by atoms with Crippen molar-refractivity contribution in [1.29, 1.82) is 0 Å². The average molecular weight is 223 g/mol. The Bertz CT molecular complexity index is 339. The Hall–Kier alpha value is -0.670. The lowest BCUT2D eigenvalue weighted by atomic mass is 10.2. The minimum absolute atomic E-state index is 0.273. The summed E-state index contributed by atoms with van der Waals surface area (Å²) in [5.41, 5.74) is 6.99. The number of benzene rings is 1. The van der Waals surface area contributed by atoms with E-state index in [1.54, 1.807) is 0 Å². The van der Waals surface area contributed by atoms with Crippen LogP contribution < -0.4 is 5.73 Å². The lowest BCUT2D eigenvalue weighted by Gasteiger charge is -2.09. The molecular formula is C12H17NOS. The van der Waals surface area contributed by atoms with Gasteiger partial charge in [-0.15, -0.1) is 0 Å². The van der Waals surface area contributed by atoms with E-state index in [0.717, 1.165) is 24.8 Å². The van der Waals surface area contributed by atoms with Gasteiger partial charge in [-0.25, -0.2) is 0 Å². The van der Waals surface area contributed by atoms with E-state index in [4.69, 9.17) is 5.73 Å². The molecule has 1 aliphatic rings. The highest BCUT2D eigenvalue weighted by Crippen LogP contribution is 2.23. The third-order valence-corrected chi connectivity index (χ3v) is 4.74. The summed E-state index contributed by atoms with van der Waals surface area (Å²) in [5, 5.41) is 0.320. The Morgan fingerprint density at radius 3 is 2.60 bits per heavy atom. The molecule has 3 atom stereocenters. The van der Waals surface area contributed by atoms with Crippen molar-refractivity contribution in [3.05, 3.63) is 35.9 Å². The summed E-state index contributed by atoms with van der Waals surface area (Å²) in [7, 11) is -0.747. The average Bonchev–Trinajstić information content (AvgIpc) is 2.66. The van der Waals surface area contributed by atoms with E-state index < -0.39 is 10.8 Å². The zero-order chi connectivity index (χ0) is 10.7. The summed E-state index contributed by atoms with van der Waals surface area (Å²) in [6.45, 7) is 0. The molecule has 0 heterocycles. The van der Waals surface area contributed by atoms with Crippen LogP contribution in [-0.2, 0) is 16.6 Å². The normalized spacial score (nSPS) is 27.8. The molecule has 82 valence electrons. The van der Waals surface area contributed by atoms with Crippen LogP contribution in [0.3, 0.4) is 0 Å². The SMILES string of the molecule is NC1CCC(S(=O)Cc2ccccc2)C1. The quantitative estimate of drug-likeness (QED) is 0.849. The Morgan fingerprint density at radius 2 is 2.00 bits per heavy atom. The van der Waals surface area contributed by atoms with Crippen molar-refractivity contribution >= 4 is 10.8 Å². The summed E-state index contributed by atoms with van der Waals surface area (Å²) in [6.07, 6.45) is 2.99. The first-order valence-corrected chi connectivity index (χ1v) is 6.80. The monoisotopic (exact) mass is 223 g/mol. The van der Waals surface area contributed by atoms with Gasteiger partial charge in [0.25, 0.3) is 0 Å². The first kappa shape index (κ1) is 10.8. The van der Waals surface area contributed by atoms with Crippen LogP contribution in [0.4, 0.5) is 0 Å². The number of hydrogen-bond donors (Lipinski definition) is 1. The standard InChI is InChI=1S/C12H17NOS/c13-11-6-7-12(8-11)15(14)9-10-4-2-1-3-5-10/h1-5,11-12H,6-9,13H2. The molecule has 0 saturated heterocycles. The van der Waals surface area contributed by atoms with Crippen LogP contribution in [0.15, 0.2) is 30.3 Å². The molecule has 0 radical (unpaired) electrons. The van der Waals surface area contributed by atoms with Crippen molar-refractivity contribution in [2.75, 3.05) is 0 Å². The fourth-order valence-corrected chi connectivity index (χ4v) is 3.69. The van der Waals surface area contributed by atoms with Gasteiger partial charge in [-0.3, -0.25) is 4.21 Å². The fraction of sp³-hybridized carbons (Fsp3) is 0.500. The molecule has 2 rings (SSSR count). The van der Waals surface area contributed by atoms with Crippen molar-refractivity contribution in [3.8, 4) is 0 Å². The van der Waals surface area contributed by atoms with E-state index in [9.17, 15) is 4.21 Å². The number of hydrogen-bond acceptors (Lipinski definition) is 2. The van der Waals surface area contributed by atoms with Crippen molar-refractivity contribution in [2.45, 2.75) is 36.3 Å². The first-order valence-electron chi connectivity index (χ1n) is 5.42. The van der Waals surface area contributed by atoms with Crippen LogP contribution in [0.2, 0.25) is 0 Å². The van der Waals surface area contributed by atoms with Crippen molar-refractivity contribution in [3.63, 3.8) is 0 Å². The molecule has 1 aromatic carbocycles. The Morgan fingerprint density at radius 1 is 1.27 bits per heavy atom. The minimum Gasteiger partial charge on any atom is -0.328 e. The molecule has 3 heteroatoms. The molecule has 1 fully saturated rings. The molecule has 0 aliphatic heterocycles. The number of rotatable bonds is 3. The van der Waals surface area contributed by atoms with E-state index in [0.29, 0.717) is 11.0 Å². The van der Waals surface area contributed by atoms with Crippen molar-refractivity contribution in [2.24, 2.45) is 5.73 Å². The molecule has 1 aromatic rings. The highest BCUT2D eigenvalue weighted by molar-refractivity contribution is 7.84. The summed E-state index contributed by atoms with van der Waals surface area (Å²) >= 11 is 0. The molecule has 1 aliphatic carbocycles. The molecule has 2 nitrogen and oxygen atoms in total.